The highest BCUT2D eigenvalue weighted by molar-refractivity contribution is 7.15. The minimum Gasteiger partial charge on any atom is -0.355 e. The summed E-state index contributed by atoms with van der Waals surface area (Å²) in [7, 11) is 0. The van der Waals surface area contributed by atoms with Gasteiger partial charge in [-0.1, -0.05) is 37.3 Å². The number of carbonyl (C=O) groups is 2. The van der Waals surface area contributed by atoms with Crippen LogP contribution in [0, 0.1) is 6.92 Å². The lowest BCUT2D eigenvalue weighted by molar-refractivity contribution is -0.122. The number of urea groups is 1. The van der Waals surface area contributed by atoms with E-state index < -0.39 is 0 Å². The number of nitrogens with zero attached hydrogens (tertiary/aromatic N) is 3. The fraction of sp³-hybridized carbons (Fsp3) is 0.476. The molecule has 1 aromatic heterocycles. The second-order valence-electron chi connectivity index (χ2n) is 7.17. The molecule has 0 bridgehead atoms. The normalized spacial score (nSPS) is 14.6. The van der Waals surface area contributed by atoms with Crippen molar-refractivity contribution in [3.63, 3.8) is 0 Å². The maximum Gasteiger partial charge on any atom is 0.317 e. The van der Waals surface area contributed by atoms with E-state index in [4.69, 9.17) is 0 Å². The molecular weight excluding hydrogens is 386 g/mol. The summed E-state index contributed by atoms with van der Waals surface area (Å²) in [6.07, 6.45) is 0.936. The predicted octanol–water partition coefficient (Wildman–Crippen LogP) is 2.47. The van der Waals surface area contributed by atoms with Gasteiger partial charge >= 0.3 is 6.03 Å². The fourth-order valence-electron chi connectivity index (χ4n) is 3.20. The van der Waals surface area contributed by atoms with Crippen molar-refractivity contribution in [1.29, 1.82) is 0 Å². The van der Waals surface area contributed by atoms with Gasteiger partial charge in [0.05, 0.1) is 18.8 Å². The van der Waals surface area contributed by atoms with Crippen LogP contribution in [0.15, 0.2) is 30.3 Å². The molecule has 0 saturated carbocycles. The Morgan fingerprint density at radius 2 is 1.83 bits per heavy atom. The number of aryl methyl sites for hydroxylation is 1. The smallest absolute Gasteiger partial charge is 0.317 e. The summed E-state index contributed by atoms with van der Waals surface area (Å²) in [5.41, 5.74) is 2.05. The van der Waals surface area contributed by atoms with Crippen molar-refractivity contribution in [3.8, 4) is 10.6 Å². The highest BCUT2D eigenvalue weighted by Crippen LogP contribution is 2.27. The van der Waals surface area contributed by atoms with E-state index in [0.717, 1.165) is 27.6 Å². The van der Waals surface area contributed by atoms with Crippen LogP contribution < -0.4 is 10.6 Å². The molecule has 2 aromatic rings. The number of hydrogen-bond acceptors (Lipinski definition) is 5. The summed E-state index contributed by atoms with van der Waals surface area (Å²) in [6.45, 7) is 8.29. The van der Waals surface area contributed by atoms with Crippen molar-refractivity contribution in [1.82, 2.24) is 25.4 Å². The second-order valence-corrected chi connectivity index (χ2v) is 8.25. The molecule has 156 valence electrons. The van der Waals surface area contributed by atoms with Gasteiger partial charge in [0, 0.05) is 43.2 Å². The number of benzene rings is 1. The molecule has 0 radical (unpaired) electrons. The van der Waals surface area contributed by atoms with Crippen LogP contribution in [0.4, 0.5) is 4.79 Å². The number of hydrogen-bond donors (Lipinski definition) is 2. The molecule has 29 heavy (non-hydrogen) atoms. The van der Waals surface area contributed by atoms with Gasteiger partial charge in [0.2, 0.25) is 5.91 Å². The van der Waals surface area contributed by atoms with Crippen LogP contribution in [0.2, 0.25) is 0 Å². The zero-order valence-electron chi connectivity index (χ0n) is 17.1. The fourth-order valence-corrected chi connectivity index (χ4v) is 4.20. The Kier molecular flexibility index (Phi) is 7.60. The van der Waals surface area contributed by atoms with E-state index in [9.17, 15) is 9.59 Å². The molecule has 2 heterocycles. The van der Waals surface area contributed by atoms with Crippen LogP contribution in [0.25, 0.3) is 10.6 Å². The quantitative estimate of drug-likeness (QED) is 0.728. The second kappa shape index (κ2) is 10.4. The maximum absolute atomic E-state index is 12.5. The van der Waals surface area contributed by atoms with E-state index >= 15 is 0 Å². The van der Waals surface area contributed by atoms with Crippen LogP contribution in [0.5, 0.6) is 0 Å². The first kappa shape index (κ1) is 21.3. The zero-order valence-corrected chi connectivity index (χ0v) is 17.9. The monoisotopic (exact) mass is 415 g/mol. The first-order chi connectivity index (χ1) is 14.1. The van der Waals surface area contributed by atoms with Crippen LogP contribution in [0.1, 0.15) is 23.9 Å². The van der Waals surface area contributed by atoms with Gasteiger partial charge in [-0.15, -0.1) is 11.3 Å². The van der Waals surface area contributed by atoms with Gasteiger partial charge in [-0.05, 0) is 13.3 Å². The Balaban J connectivity index is 1.45. The summed E-state index contributed by atoms with van der Waals surface area (Å²) >= 11 is 1.62. The lowest BCUT2D eigenvalue weighted by atomic mass is 10.2. The molecule has 2 N–H and O–H groups in total. The van der Waals surface area contributed by atoms with Gasteiger partial charge in [-0.25, -0.2) is 9.78 Å². The van der Waals surface area contributed by atoms with Crippen molar-refractivity contribution in [2.24, 2.45) is 0 Å². The van der Waals surface area contributed by atoms with Crippen molar-refractivity contribution < 1.29 is 9.59 Å². The molecule has 0 atom stereocenters. The molecule has 7 nitrogen and oxygen atoms in total. The van der Waals surface area contributed by atoms with Gasteiger partial charge in [-0.2, -0.15) is 0 Å². The molecule has 3 rings (SSSR count). The third-order valence-electron chi connectivity index (χ3n) is 4.91. The van der Waals surface area contributed by atoms with E-state index in [1.807, 2.05) is 49.1 Å². The van der Waals surface area contributed by atoms with Gasteiger partial charge in [0.25, 0.3) is 0 Å². The number of rotatable bonds is 7. The molecule has 1 aliphatic rings. The lowest BCUT2D eigenvalue weighted by Crippen LogP contribution is -2.53. The minimum absolute atomic E-state index is 0.0552. The Morgan fingerprint density at radius 3 is 2.52 bits per heavy atom. The Bertz CT molecular complexity index is 816. The average molecular weight is 416 g/mol. The highest BCUT2D eigenvalue weighted by Gasteiger charge is 2.22. The van der Waals surface area contributed by atoms with E-state index in [1.165, 1.54) is 0 Å². The van der Waals surface area contributed by atoms with Crippen molar-refractivity contribution in [2.75, 3.05) is 39.3 Å². The summed E-state index contributed by atoms with van der Waals surface area (Å²) < 4.78 is 0. The van der Waals surface area contributed by atoms with Gasteiger partial charge in [0.1, 0.15) is 5.01 Å². The van der Waals surface area contributed by atoms with E-state index in [-0.39, 0.29) is 11.9 Å². The third kappa shape index (κ3) is 6.01. The number of thiazole rings is 1. The van der Waals surface area contributed by atoms with Crippen LogP contribution in [-0.2, 0) is 11.3 Å². The summed E-state index contributed by atoms with van der Waals surface area (Å²) in [4.78, 5) is 34.0. The molecule has 8 heteroatoms. The van der Waals surface area contributed by atoms with Crippen LogP contribution in [0.3, 0.4) is 0 Å². The largest absolute Gasteiger partial charge is 0.355 e. The van der Waals surface area contributed by atoms with E-state index in [2.05, 4.69) is 20.5 Å². The minimum atomic E-state index is -0.0610. The standard InChI is InChI=1S/C21H29N5O2S/c1-3-9-22-19(27)15-25-10-12-26(13-11-25)21(28)23-14-18-16(2)24-20(29-18)17-7-5-4-6-8-17/h4-8H,3,9-15H2,1-2H3,(H,22,27)(H,23,28). The first-order valence-electron chi connectivity index (χ1n) is 10.1. The predicted molar refractivity (Wildman–Crippen MR) is 116 cm³/mol. The summed E-state index contributed by atoms with van der Waals surface area (Å²) in [5.74, 6) is 0.0552. The molecular formula is C21H29N5O2S. The Morgan fingerprint density at radius 1 is 1.10 bits per heavy atom. The number of aromatic nitrogens is 1. The first-order valence-corrected chi connectivity index (χ1v) is 10.9. The maximum atomic E-state index is 12.5. The van der Waals surface area contributed by atoms with Crippen molar-refractivity contribution in [3.05, 3.63) is 40.9 Å². The molecule has 1 fully saturated rings. The van der Waals surface area contributed by atoms with E-state index in [0.29, 0.717) is 45.8 Å². The summed E-state index contributed by atoms with van der Waals surface area (Å²) in [5, 5.41) is 6.88. The number of carbonyl (C=O) groups excluding carboxylic acids is 2. The zero-order chi connectivity index (χ0) is 20.6. The molecule has 3 amide bonds. The Labute approximate surface area is 176 Å². The van der Waals surface area contributed by atoms with Gasteiger partial charge < -0.3 is 15.5 Å². The summed E-state index contributed by atoms with van der Waals surface area (Å²) in [6, 6.07) is 10.0. The molecule has 0 unspecified atom stereocenters. The van der Waals surface area contributed by atoms with Crippen LogP contribution in [-0.4, -0.2) is 66.0 Å². The number of piperazine rings is 1. The lowest BCUT2D eigenvalue weighted by Gasteiger charge is -2.34. The molecule has 0 aliphatic carbocycles. The molecule has 1 saturated heterocycles. The van der Waals surface area contributed by atoms with Crippen molar-refractivity contribution in [2.45, 2.75) is 26.8 Å². The van der Waals surface area contributed by atoms with Gasteiger partial charge in [-0.3, -0.25) is 9.69 Å². The van der Waals surface area contributed by atoms with E-state index in [1.54, 1.807) is 11.3 Å². The third-order valence-corrected chi connectivity index (χ3v) is 6.12. The Hall–Kier alpha value is -2.45. The highest BCUT2D eigenvalue weighted by atomic mass is 32.1. The molecule has 1 aromatic carbocycles. The van der Waals surface area contributed by atoms with Gasteiger partial charge in [0.15, 0.2) is 0 Å². The van der Waals surface area contributed by atoms with Crippen LogP contribution >= 0.6 is 11.3 Å². The number of amides is 3. The number of nitrogens with one attached hydrogen (secondary N) is 2. The molecule has 0 spiro atoms. The topological polar surface area (TPSA) is 77.6 Å². The molecule has 1 aliphatic heterocycles. The average Bonchev–Trinajstić information content (AvgIpc) is 3.12. The van der Waals surface area contributed by atoms with Crippen molar-refractivity contribution >= 4 is 23.3 Å². The SMILES string of the molecule is CCCNC(=O)CN1CCN(C(=O)NCc2sc(-c3ccccc3)nc2C)CC1.